The van der Waals surface area contributed by atoms with E-state index in [1.54, 1.807) is 6.92 Å². The van der Waals surface area contributed by atoms with Crippen LogP contribution in [-0.4, -0.2) is 26.0 Å². The minimum Gasteiger partial charge on any atom is -0.478 e. The Kier molecular flexibility index (Phi) is 5.71. The summed E-state index contributed by atoms with van der Waals surface area (Å²) in [5.41, 5.74) is 0.548. The van der Waals surface area contributed by atoms with E-state index in [0.29, 0.717) is 18.0 Å². The lowest BCUT2D eigenvalue weighted by Crippen LogP contribution is -2.25. The molecule has 0 heterocycles. The van der Waals surface area contributed by atoms with Crippen LogP contribution >= 0.6 is 0 Å². The van der Waals surface area contributed by atoms with Gasteiger partial charge in [0.15, 0.2) is 0 Å². The van der Waals surface area contributed by atoms with Crippen molar-refractivity contribution in [2.24, 2.45) is 5.92 Å². The van der Waals surface area contributed by atoms with Gasteiger partial charge in [-0.25, -0.2) is 17.9 Å². The Hall–Kier alpha value is -1.40. The molecule has 0 aliphatic heterocycles. The van der Waals surface area contributed by atoms with Crippen LogP contribution < -0.4 is 4.72 Å². The van der Waals surface area contributed by atoms with Gasteiger partial charge < -0.3 is 5.11 Å². The number of hydrogen-bond acceptors (Lipinski definition) is 3. The summed E-state index contributed by atoms with van der Waals surface area (Å²) in [4.78, 5) is 11.0. The summed E-state index contributed by atoms with van der Waals surface area (Å²) in [6.07, 6.45) is 1.70. The molecule has 0 aliphatic carbocycles. The van der Waals surface area contributed by atoms with Gasteiger partial charge in [0.2, 0.25) is 10.0 Å². The second-order valence-corrected chi connectivity index (χ2v) is 6.98. The van der Waals surface area contributed by atoms with E-state index >= 15 is 0 Å². The molecular formula is C14H21NO4S. The van der Waals surface area contributed by atoms with Gasteiger partial charge in [0, 0.05) is 6.54 Å². The average Bonchev–Trinajstić information content (AvgIpc) is 2.34. The summed E-state index contributed by atoms with van der Waals surface area (Å²) in [7, 11) is -3.64. The third kappa shape index (κ3) is 4.61. The topological polar surface area (TPSA) is 83.5 Å². The molecule has 0 aromatic heterocycles. The zero-order valence-corrected chi connectivity index (χ0v) is 12.8. The Bertz CT molecular complexity index is 579. The maximum atomic E-state index is 12.1. The van der Waals surface area contributed by atoms with Crippen molar-refractivity contribution in [1.29, 1.82) is 0 Å². The van der Waals surface area contributed by atoms with Gasteiger partial charge in [-0.3, -0.25) is 0 Å². The molecule has 5 nitrogen and oxygen atoms in total. The first kappa shape index (κ1) is 16.7. The van der Waals surface area contributed by atoms with E-state index in [-0.39, 0.29) is 10.5 Å². The number of rotatable bonds is 7. The minimum absolute atomic E-state index is 0.00922. The summed E-state index contributed by atoms with van der Waals surface area (Å²) in [6.45, 7) is 6.15. The van der Waals surface area contributed by atoms with Gasteiger partial charge in [-0.05, 0) is 43.4 Å². The summed E-state index contributed by atoms with van der Waals surface area (Å²) in [5, 5.41) is 9.02. The molecule has 6 heteroatoms. The molecule has 0 amide bonds. The van der Waals surface area contributed by atoms with Crippen molar-refractivity contribution in [2.45, 2.75) is 38.5 Å². The molecule has 1 aromatic carbocycles. The minimum atomic E-state index is -3.64. The van der Waals surface area contributed by atoms with Crippen LogP contribution in [0.1, 0.15) is 42.6 Å². The number of aromatic carboxylic acids is 1. The highest BCUT2D eigenvalue weighted by molar-refractivity contribution is 7.89. The van der Waals surface area contributed by atoms with E-state index in [0.717, 1.165) is 12.8 Å². The lowest BCUT2D eigenvalue weighted by Gasteiger charge is -2.09. The predicted octanol–water partition coefficient (Wildman–Crippen LogP) is 2.41. The number of benzene rings is 1. The highest BCUT2D eigenvalue weighted by Crippen LogP contribution is 2.15. The molecule has 112 valence electrons. The lowest BCUT2D eigenvalue weighted by atomic mass is 10.1. The van der Waals surface area contributed by atoms with Crippen molar-refractivity contribution in [2.75, 3.05) is 6.54 Å². The van der Waals surface area contributed by atoms with E-state index in [1.165, 1.54) is 18.2 Å². The maximum absolute atomic E-state index is 12.1. The van der Waals surface area contributed by atoms with Crippen molar-refractivity contribution in [3.05, 3.63) is 29.3 Å². The van der Waals surface area contributed by atoms with Crippen molar-refractivity contribution in [1.82, 2.24) is 4.72 Å². The molecule has 0 atom stereocenters. The Morgan fingerprint density at radius 1 is 1.35 bits per heavy atom. The Labute approximate surface area is 120 Å². The number of hydrogen-bond donors (Lipinski definition) is 2. The zero-order valence-electron chi connectivity index (χ0n) is 12.0. The normalized spacial score (nSPS) is 11.8. The van der Waals surface area contributed by atoms with Crippen LogP contribution in [0.15, 0.2) is 23.1 Å². The Morgan fingerprint density at radius 2 is 2.00 bits per heavy atom. The molecule has 1 rings (SSSR count). The standard InChI is InChI=1S/C14H21NO4S/c1-10(2)5-4-8-15-20(18,19)12-7-6-11(3)13(9-12)14(16)17/h6-7,9-10,15H,4-5,8H2,1-3H3,(H,16,17). The van der Waals surface area contributed by atoms with Gasteiger partial charge in [-0.15, -0.1) is 0 Å². The molecule has 0 aliphatic rings. The van der Waals surface area contributed by atoms with Crippen molar-refractivity contribution < 1.29 is 18.3 Å². The van der Waals surface area contributed by atoms with Crippen LogP contribution in [0.5, 0.6) is 0 Å². The SMILES string of the molecule is Cc1ccc(S(=O)(=O)NCCCC(C)C)cc1C(=O)O. The van der Waals surface area contributed by atoms with Crippen molar-refractivity contribution in [3.63, 3.8) is 0 Å². The summed E-state index contributed by atoms with van der Waals surface area (Å²) in [5.74, 6) is -0.600. The van der Waals surface area contributed by atoms with Crippen LogP contribution in [0.25, 0.3) is 0 Å². The van der Waals surface area contributed by atoms with Gasteiger partial charge in [0.05, 0.1) is 10.5 Å². The molecule has 2 N–H and O–H groups in total. The van der Waals surface area contributed by atoms with Crippen molar-refractivity contribution in [3.8, 4) is 0 Å². The number of nitrogens with one attached hydrogen (secondary N) is 1. The van der Waals surface area contributed by atoms with E-state index < -0.39 is 16.0 Å². The zero-order chi connectivity index (χ0) is 15.3. The Morgan fingerprint density at radius 3 is 2.55 bits per heavy atom. The monoisotopic (exact) mass is 299 g/mol. The first-order valence-corrected chi connectivity index (χ1v) is 8.06. The fraction of sp³-hybridized carbons (Fsp3) is 0.500. The fourth-order valence-corrected chi connectivity index (χ4v) is 2.90. The molecule has 1 aromatic rings. The van der Waals surface area contributed by atoms with Gasteiger partial charge in [0.25, 0.3) is 0 Å². The fourth-order valence-electron chi connectivity index (χ4n) is 1.80. The highest BCUT2D eigenvalue weighted by Gasteiger charge is 2.17. The van der Waals surface area contributed by atoms with Gasteiger partial charge in [-0.2, -0.15) is 0 Å². The number of carboxylic acids is 1. The molecule has 0 saturated carbocycles. The van der Waals surface area contributed by atoms with Crippen LogP contribution in [0.4, 0.5) is 0 Å². The molecule has 0 radical (unpaired) electrons. The molecule has 0 bridgehead atoms. The molecular weight excluding hydrogens is 278 g/mol. The van der Waals surface area contributed by atoms with Crippen LogP contribution in [0.3, 0.4) is 0 Å². The number of carbonyl (C=O) groups is 1. The third-order valence-electron chi connectivity index (χ3n) is 3.00. The summed E-state index contributed by atoms with van der Waals surface area (Å²) in [6, 6.07) is 4.13. The third-order valence-corrected chi connectivity index (χ3v) is 4.46. The van der Waals surface area contributed by atoms with Crippen LogP contribution in [0, 0.1) is 12.8 Å². The smallest absolute Gasteiger partial charge is 0.335 e. The van der Waals surface area contributed by atoms with Gasteiger partial charge in [0.1, 0.15) is 0 Å². The first-order chi connectivity index (χ1) is 9.24. The molecule has 20 heavy (non-hydrogen) atoms. The number of aryl methyl sites for hydroxylation is 1. The Balaban J connectivity index is 2.82. The molecule has 0 saturated heterocycles. The maximum Gasteiger partial charge on any atom is 0.335 e. The van der Waals surface area contributed by atoms with E-state index in [4.69, 9.17) is 5.11 Å². The predicted molar refractivity (Wildman–Crippen MR) is 77.4 cm³/mol. The lowest BCUT2D eigenvalue weighted by molar-refractivity contribution is 0.0696. The molecule has 0 fully saturated rings. The van der Waals surface area contributed by atoms with E-state index in [2.05, 4.69) is 18.6 Å². The quantitative estimate of drug-likeness (QED) is 0.757. The molecule has 0 unspecified atom stereocenters. The second kappa shape index (κ2) is 6.85. The molecule has 0 spiro atoms. The van der Waals surface area contributed by atoms with Crippen LogP contribution in [-0.2, 0) is 10.0 Å². The van der Waals surface area contributed by atoms with E-state index in [9.17, 15) is 13.2 Å². The summed E-state index contributed by atoms with van der Waals surface area (Å²) < 4.78 is 26.6. The van der Waals surface area contributed by atoms with Crippen LogP contribution in [0.2, 0.25) is 0 Å². The number of carboxylic acid groups (broad SMARTS) is 1. The highest BCUT2D eigenvalue weighted by atomic mass is 32.2. The average molecular weight is 299 g/mol. The first-order valence-electron chi connectivity index (χ1n) is 6.57. The van der Waals surface area contributed by atoms with E-state index in [1.807, 2.05) is 0 Å². The summed E-state index contributed by atoms with van der Waals surface area (Å²) >= 11 is 0. The number of sulfonamides is 1. The van der Waals surface area contributed by atoms with Gasteiger partial charge >= 0.3 is 5.97 Å². The largest absolute Gasteiger partial charge is 0.478 e. The second-order valence-electron chi connectivity index (χ2n) is 5.22. The van der Waals surface area contributed by atoms with Gasteiger partial charge in [-0.1, -0.05) is 19.9 Å². The van der Waals surface area contributed by atoms with Crippen molar-refractivity contribution >= 4 is 16.0 Å².